The van der Waals surface area contributed by atoms with Gasteiger partial charge in [-0.25, -0.2) is 0 Å². The highest BCUT2D eigenvalue weighted by Gasteiger charge is 2.23. The molecule has 0 heterocycles. The Bertz CT molecular complexity index is 225. The molecule has 3 N–H and O–H groups in total. The van der Waals surface area contributed by atoms with Crippen LogP contribution in [0.2, 0.25) is 0 Å². The third kappa shape index (κ3) is 4.97. The zero-order chi connectivity index (χ0) is 12.2. The van der Waals surface area contributed by atoms with E-state index >= 15 is 0 Å². The molecular weight excluding hydrogens is 200 g/mol. The highest BCUT2D eigenvalue weighted by Crippen LogP contribution is 2.30. The van der Waals surface area contributed by atoms with Crippen LogP contribution >= 0.6 is 0 Å². The Hall–Kier alpha value is -0.570. The molecule has 1 aliphatic rings. The van der Waals surface area contributed by atoms with Gasteiger partial charge in [-0.05, 0) is 64.8 Å². The molecule has 0 aromatic rings. The molecule has 0 spiro atoms. The number of carbonyl (C=O) groups excluding carboxylic acids is 1. The molecule has 1 fully saturated rings. The van der Waals surface area contributed by atoms with E-state index in [0.717, 1.165) is 6.54 Å². The van der Waals surface area contributed by atoms with E-state index in [2.05, 4.69) is 5.32 Å². The molecule has 94 valence electrons. The van der Waals surface area contributed by atoms with Crippen molar-refractivity contribution in [1.82, 2.24) is 5.32 Å². The summed E-state index contributed by atoms with van der Waals surface area (Å²) in [6.07, 6.45) is 5.42. The van der Waals surface area contributed by atoms with Crippen molar-refractivity contribution in [1.29, 1.82) is 0 Å². The van der Waals surface area contributed by atoms with E-state index in [9.17, 15) is 4.79 Å². The van der Waals surface area contributed by atoms with Crippen molar-refractivity contribution in [3.8, 4) is 0 Å². The van der Waals surface area contributed by atoms with E-state index in [1.165, 1.54) is 25.7 Å². The van der Waals surface area contributed by atoms with E-state index < -0.39 is 0 Å². The summed E-state index contributed by atoms with van der Waals surface area (Å²) >= 11 is 0. The molecule has 1 saturated carbocycles. The van der Waals surface area contributed by atoms with Gasteiger partial charge in [0.15, 0.2) is 0 Å². The zero-order valence-corrected chi connectivity index (χ0v) is 10.9. The number of carbonyl (C=O) groups is 1. The Morgan fingerprint density at radius 3 is 2.12 bits per heavy atom. The van der Waals surface area contributed by atoms with Crippen molar-refractivity contribution in [2.45, 2.75) is 58.4 Å². The second-order valence-corrected chi connectivity index (χ2v) is 6.12. The molecule has 3 heteroatoms. The number of rotatable bonds is 3. The molecule has 0 radical (unpaired) electrons. The van der Waals surface area contributed by atoms with Crippen LogP contribution in [0.25, 0.3) is 0 Å². The van der Waals surface area contributed by atoms with Gasteiger partial charge in [0.25, 0.3) is 0 Å². The van der Waals surface area contributed by atoms with Gasteiger partial charge in [-0.3, -0.25) is 4.79 Å². The van der Waals surface area contributed by atoms with E-state index in [-0.39, 0.29) is 11.4 Å². The summed E-state index contributed by atoms with van der Waals surface area (Å²) in [5.41, 5.74) is 5.55. The Kier molecular flexibility index (Phi) is 4.78. The summed E-state index contributed by atoms with van der Waals surface area (Å²) in [5, 5.41) is 3.03. The Labute approximate surface area is 99.2 Å². The van der Waals surface area contributed by atoms with Crippen LogP contribution in [-0.2, 0) is 4.79 Å². The number of nitrogens with one attached hydrogen (secondary N) is 1. The Balaban J connectivity index is 2.26. The molecular formula is C13H26N2O. The largest absolute Gasteiger partial charge is 0.352 e. The Morgan fingerprint density at radius 1 is 1.19 bits per heavy atom. The van der Waals surface area contributed by atoms with Crippen molar-refractivity contribution < 1.29 is 4.79 Å². The predicted octanol–water partition coefficient (Wildman–Crippen LogP) is 2.06. The minimum atomic E-state index is -0.106. The van der Waals surface area contributed by atoms with Crippen molar-refractivity contribution in [2.24, 2.45) is 17.6 Å². The minimum Gasteiger partial charge on any atom is -0.352 e. The summed E-state index contributed by atoms with van der Waals surface area (Å²) in [5.74, 6) is 1.47. The van der Waals surface area contributed by atoms with Gasteiger partial charge < -0.3 is 11.1 Å². The molecule has 0 unspecified atom stereocenters. The van der Waals surface area contributed by atoms with Gasteiger partial charge in [-0.2, -0.15) is 0 Å². The molecule has 1 aliphatic carbocycles. The number of hydrogen-bond donors (Lipinski definition) is 2. The first-order valence-corrected chi connectivity index (χ1v) is 6.42. The maximum Gasteiger partial charge on any atom is 0.220 e. The van der Waals surface area contributed by atoms with Gasteiger partial charge in [0.05, 0.1) is 0 Å². The van der Waals surface area contributed by atoms with Crippen LogP contribution in [0, 0.1) is 11.8 Å². The van der Waals surface area contributed by atoms with E-state index in [1.54, 1.807) is 0 Å². The van der Waals surface area contributed by atoms with Crippen molar-refractivity contribution in [3.05, 3.63) is 0 Å². The summed E-state index contributed by atoms with van der Waals surface area (Å²) in [6, 6.07) is 0. The van der Waals surface area contributed by atoms with Gasteiger partial charge >= 0.3 is 0 Å². The van der Waals surface area contributed by atoms with E-state index in [1.807, 2.05) is 20.8 Å². The molecule has 1 rings (SSSR count). The van der Waals surface area contributed by atoms with Crippen LogP contribution in [0.15, 0.2) is 0 Å². The highest BCUT2D eigenvalue weighted by atomic mass is 16.1. The predicted molar refractivity (Wildman–Crippen MR) is 67.0 cm³/mol. The van der Waals surface area contributed by atoms with E-state index in [4.69, 9.17) is 5.73 Å². The molecule has 0 saturated heterocycles. The Morgan fingerprint density at radius 2 is 1.69 bits per heavy atom. The van der Waals surface area contributed by atoms with Gasteiger partial charge in [0, 0.05) is 12.0 Å². The number of nitrogens with two attached hydrogens (primary N) is 1. The summed E-state index contributed by atoms with van der Waals surface area (Å²) in [7, 11) is 0. The first-order chi connectivity index (χ1) is 7.40. The van der Waals surface area contributed by atoms with Gasteiger partial charge in [0.2, 0.25) is 5.91 Å². The zero-order valence-electron chi connectivity index (χ0n) is 10.9. The third-order valence-electron chi connectivity index (χ3n) is 3.29. The molecule has 3 nitrogen and oxygen atoms in total. The lowest BCUT2D eigenvalue weighted by Gasteiger charge is -2.28. The second kappa shape index (κ2) is 5.67. The fourth-order valence-electron chi connectivity index (χ4n) is 2.40. The fourth-order valence-corrected chi connectivity index (χ4v) is 2.40. The van der Waals surface area contributed by atoms with E-state index in [0.29, 0.717) is 18.3 Å². The topological polar surface area (TPSA) is 55.1 Å². The quantitative estimate of drug-likeness (QED) is 0.774. The van der Waals surface area contributed by atoms with Crippen LogP contribution in [-0.4, -0.2) is 18.0 Å². The van der Waals surface area contributed by atoms with Crippen LogP contribution in [0.1, 0.15) is 52.9 Å². The van der Waals surface area contributed by atoms with Crippen LogP contribution < -0.4 is 11.1 Å². The lowest BCUT2D eigenvalue weighted by Crippen LogP contribution is -2.41. The molecule has 0 atom stereocenters. The molecule has 0 aromatic heterocycles. The highest BCUT2D eigenvalue weighted by molar-refractivity contribution is 5.76. The fraction of sp³-hybridized carbons (Fsp3) is 0.923. The number of hydrogen-bond acceptors (Lipinski definition) is 2. The van der Waals surface area contributed by atoms with Crippen molar-refractivity contribution >= 4 is 5.91 Å². The SMILES string of the molecule is CC(C)(C)NC(=O)CC1CCC(CN)CC1. The first kappa shape index (κ1) is 13.5. The smallest absolute Gasteiger partial charge is 0.220 e. The lowest BCUT2D eigenvalue weighted by molar-refractivity contribution is -0.123. The normalized spacial score (nSPS) is 26.5. The van der Waals surface area contributed by atoms with Gasteiger partial charge in [0.1, 0.15) is 0 Å². The molecule has 0 bridgehead atoms. The van der Waals surface area contributed by atoms with Crippen molar-refractivity contribution in [3.63, 3.8) is 0 Å². The van der Waals surface area contributed by atoms with Crippen LogP contribution in [0.4, 0.5) is 0 Å². The van der Waals surface area contributed by atoms with Crippen LogP contribution in [0.5, 0.6) is 0 Å². The van der Waals surface area contributed by atoms with Gasteiger partial charge in [-0.1, -0.05) is 0 Å². The summed E-state index contributed by atoms with van der Waals surface area (Å²) in [4.78, 5) is 11.7. The lowest BCUT2D eigenvalue weighted by atomic mass is 9.80. The molecule has 16 heavy (non-hydrogen) atoms. The standard InChI is InChI=1S/C13H26N2O/c1-13(2,3)15-12(16)8-10-4-6-11(9-14)7-5-10/h10-11H,4-9,14H2,1-3H3,(H,15,16). The first-order valence-electron chi connectivity index (χ1n) is 6.42. The van der Waals surface area contributed by atoms with Crippen molar-refractivity contribution in [2.75, 3.05) is 6.54 Å². The molecule has 0 aromatic carbocycles. The average Bonchev–Trinajstić information content (AvgIpc) is 2.16. The molecule has 0 aliphatic heterocycles. The summed E-state index contributed by atoms with van der Waals surface area (Å²) in [6.45, 7) is 6.88. The van der Waals surface area contributed by atoms with Crippen LogP contribution in [0.3, 0.4) is 0 Å². The summed E-state index contributed by atoms with van der Waals surface area (Å²) < 4.78 is 0. The maximum atomic E-state index is 11.7. The average molecular weight is 226 g/mol. The maximum absolute atomic E-state index is 11.7. The monoisotopic (exact) mass is 226 g/mol. The van der Waals surface area contributed by atoms with Gasteiger partial charge in [-0.15, -0.1) is 0 Å². The minimum absolute atomic E-state index is 0.106. The second-order valence-electron chi connectivity index (χ2n) is 6.12. The number of amides is 1. The molecule has 1 amide bonds. The third-order valence-corrected chi connectivity index (χ3v) is 3.29.